The molecule has 0 spiro atoms. The maximum atomic E-state index is 12.8. The van der Waals surface area contributed by atoms with Crippen molar-refractivity contribution in [1.29, 1.82) is 0 Å². The molecule has 9 heteroatoms. The van der Waals surface area contributed by atoms with Crippen LogP contribution >= 0.6 is 24.0 Å². The number of carbonyl (C=O) groups is 2. The van der Waals surface area contributed by atoms with E-state index in [0.29, 0.717) is 0 Å². The summed E-state index contributed by atoms with van der Waals surface area (Å²) in [4.78, 5) is 36.1. The summed E-state index contributed by atoms with van der Waals surface area (Å²) in [6.45, 7) is 0. The van der Waals surface area contributed by atoms with Crippen LogP contribution in [0.15, 0.2) is 53.4 Å². The molecule has 1 amide bonds. The zero-order valence-electron chi connectivity index (χ0n) is 13.0. The molecule has 0 unspecified atom stereocenters. The molecule has 0 aromatic heterocycles. The number of hydrogen-bond acceptors (Lipinski definition) is 6. The highest BCUT2D eigenvalue weighted by Crippen LogP contribution is 2.38. The Bertz CT molecular complexity index is 987. The van der Waals surface area contributed by atoms with Crippen molar-refractivity contribution >= 4 is 57.6 Å². The van der Waals surface area contributed by atoms with Gasteiger partial charge in [-0.25, -0.2) is 4.79 Å². The summed E-state index contributed by atoms with van der Waals surface area (Å²) in [7, 11) is 0. The van der Waals surface area contributed by atoms with E-state index in [9.17, 15) is 24.8 Å². The average Bonchev–Trinajstić information content (AvgIpc) is 2.88. The van der Waals surface area contributed by atoms with E-state index in [-0.39, 0.29) is 31.7 Å². The number of hydrogen-bond donors (Lipinski definition) is 1. The second kappa shape index (κ2) is 7.06. The minimum Gasteiger partial charge on any atom is -0.478 e. The molecule has 3 rings (SSSR count). The summed E-state index contributed by atoms with van der Waals surface area (Å²) in [6, 6.07) is 12.0. The Morgan fingerprint density at radius 1 is 1.19 bits per heavy atom. The number of aromatic carboxylic acids is 1. The summed E-state index contributed by atoms with van der Waals surface area (Å²) in [5.41, 5.74) is 0.234. The lowest BCUT2D eigenvalue weighted by Gasteiger charge is -2.16. The topological polar surface area (TPSA) is 101 Å². The smallest absolute Gasteiger partial charge is 0.337 e. The maximum Gasteiger partial charge on any atom is 0.337 e. The molecule has 0 saturated carbocycles. The number of anilines is 1. The molecule has 2 aromatic rings. The Kier molecular flexibility index (Phi) is 4.83. The van der Waals surface area contributed by atoms with Crippen molar-refractivity contribution in [2.45, 2.75) is 0 Å². The van der Waals surface area contributed by atoms with E-state index in [1.807, 2.05) is 0 Å². The molecular weight excluding hydrogens is 376 g/mol. The third-order valence-corrected chi connectivity index (χ3v) is 4.89. The molecule has 0 aliphatic carbocycles. The second-order valence-corrected chi connectivity index (χ2v) is 6.83. The van der Waals surface area contributed by atoms with Crippen molar-refractivity contribution < 1.29 is 19.6 Å². The molecular formula is C17H10N2O5S2. The van der Waals surface area contributed by atoms with Gasteiger partial charge in [0.25, 0.3) is 11.6 Å². The lowest BCUT2D eigenvalue weighted by Crippen LogP contribution is -2.29. The minimum absolute atomic E-state index is 0.0595. The fourth-order valence-electron chi connectivity index (χ4n) is 2.44. The van der Waals surface area contributed by atoms with Gasteiger partial charge in [-0.15, -0.1) is 0 Å². The first-order valence-corrected chi connectivity index (χ1v) is 8.46. The maximum absolute atomic E-state index is 12.8. The van der Waals surface area contributed by atoms with Crippen LogP contribution in [0.4, 0.5) is 11.4 Å². The highest BCUT2D eigenvalue weighted by molar-refractivity contribution is 8.27. The van der Waals surface area contributed by atoms with Gasteiger partial charge in [0.05, 0.1) is 26.6 Å². The lowest BCUT2D eigenvalue weighted by atomic mass is 10.1. The van der Waals surface area contributed by atoms with Gasteiger partial charge in [0.2, 0.25) is 0 Å². The van der Waals surface area contributed by atoms with Gasteiger partial charge in [0, 0.05) is 6.07 Å². The zero-order valence-corrected chi connectivity index (χ0v) is 14.6. The van der Waals surface area contributed by atoms with Crippen LogP contribution in [-0.2, 0) is 4.79 Å². The third kappa shape index (κ3) is 3.22. The number of thiocarbonyl (C=S) groups is 1. The number of carbonyl (C=O) groups excluding carboxylic acids is 1. The number of nitro groups is 1. The molecule has 2 aromatic carbocycles. The van der Waals surface area contributed by atoms with Crippen LogP contribution in [0.2, 0.25) is 0 Å². The molecule has 1 fully saturated rings. The van der Waals surface area contributed by atoms with Gasteiger partial charge >= 0.3 is 5.97 Å². The van der Waals surface area contributed by atoms with Crippen LogP contribution in [-0.4, -0.2) is 26.2 Å². The molecule has 1 heterocycles. The summed E-state index contributed by atoms with van der Waals surface area (Å²) in [6.07, 6.45) is 1.39. The van der Waals surface area contributed by atoms with Gasteiger partial charge in [-0.05, 0) is 24.3 Å². The first kappa shape index (κ1) is 17.8. The Labute approximate surface area is 157 Å². The van der Waals surface area contributed by atoms with E-state index in [1.54, 1.807) is 18.2 Å². The summed E-state index contributed by atoms with van der Waals surface area (Å²) < 4.78 is 0.161. The van der Waals surface area contributed by atoms with E-state index in [4.69, 9.17) is 12.2 Å². The minimum atomic E-state index is -1.18. The Hall–Kier alpha value is -3.04. The van der Waals surface area contributed by atoms with Gasteiger partial charge in [-0.3, -0.25) is 19.8 Å². The van der Waals surface area contributed by atoms with Crippen LogP contribution < -0.4 is 4.90 Å². The highest BCUT2D eigenvalue weighted by Gasteiger charge is 2.35. The van der Waals surface area contributed by atoms with Gasteiger partial charge in [0.1, 0.15) is 0 Å². The van der Waals surface area contributed by atoms with Gasteiger partial charge < -0.3 is 5.11 Å². The van der Waals surface area contributed by atoms with Crippen molar-refractivity contribution in [1.82, 2.24) is 0 Å². The number of carboxylic acids is 1. The molecule has 0 radical (unpaired) electrons. The molecule has 1 N–H and O–H groups in total. The molecule has 7 nitrogen and oxygen atoms in total. The van der Waals surface area contributed by atoms with Crippen LogP contribution in [0.5, 0.6) is 0 Å². The highest BCUT2D eigenvalue weighted by atomic mass is 32.2. The van der Waals surface area contributed by atoms with Crippen LogP contribution in [0.1, 0.15) is 15.9 Å². The normalized spacial score (nSPS) is 15.5. The molecule has 1 saturated heterocycles. The quantitative estimate of drug-likeness (QED) is 0.370. The fraction of sp³-hybridized carbons (Fsp3) is 0. The molecule has 0 bridgehead atoms. The monoisotopic (exact) mass is 386 g/mol. The van der Waals surface area contributed by atoms with E-state index in [0.717, 1.165) is 16.7 Å². The molecule has 0 atom stereocenters. The molecule has 1 aliphatic rings. The number of para-hydroxylation sites is 2. The average molecular weight is 386 g/mol. The number of nitro benzene ring substituents is 1. The number of rotatable bonds is 4. The molecule has 26 heavy (non-hydrogen) atoms. The second-order valence-electron chi connectivity index (χ2n) is 5.16. The molecule has 130 valence electrons. The van der Waals surface area contributed by atoms with Crippen LogP contribution in [0.25, 0.3) is 6.08 Å². The first-order chi connectivity index (χ1) is 12.4. The van der Waals surface area contributed by atoms with Crippen molar-refractivity contribution in [2.24, 2.45) is 0 Å². The van der Waals surface area contributed by atoms with E-state index >= 15 is 0 Å². The third-order valence-electron chi connectivity index (χ3n) is 3.59. The SMILES string of the molecule is O=C(O)c1ccccc1N1C(=O)/C(=C/c2ccccc2[N+](=O)[O-])SC1=S. The van der Waals surface area contributed by atoms with E-state index in [1.165, 1.54) is 36.4 Å². The number of nitrogens with zero attached hydrogens (tertiary/aromatic N) is 2. The summed E-state index contributed by atoms with van der Waals surface area (Å²) in [5, 5.41) is 20.4. The number of thioether (sulfide) groups is 1. The number of benzene rings is 2. The fourth-order valence-corrected chi connectivity index (χ4v) is 3.72. The van der Waals surface area contributed by atoms with Crippen LogP contribution in [0.3, 0.4) is 0 Å². The predicted molar refractivity (Wildman–Crippen MR) is 102 cm³/mol. The van der Waals surface area contributed by atoms with Gasteiger partial charge in [0.15, 0.2) is 4.32 Å². The van der Waals surface area contributed by atoms with Crippen molar-refractivity contribution in [3.05, 3.63) is 74.7 Å². The number of carboxylic acid groups (broad SMARTS) is 1. The van der Waals surface area contributed by atoms with Gasteiger partial charge in [-0.2, -0.15) is 0 Å². The molecule has 1 aliphatic heterocycles. The van der Waals surface area contributed by atoms with Crippen LogP contribution in [0, 0.1) is 10.1 Å². The zero-order chi connectivity index (χ0) is 18.8. The Morgan fingerprint density at radius 2 is 1.85 bits per heavy atom. The summed E-state index contributed by atoms with van der Waals surface area (Å²) in [5.74, 6) is -1.70. The lowest BCUT2D eigenvalue weighted by molar-refractivity contribution is -0.385. The number of amides is 1. The van der Waals surface area contributed by atoms with Crippen molar-refractivity contribution in [3.8, 4) is 0 Å². The Morgan fingerprint density at radius 3 is 2.54 bits per heavy atom. The summed E-state index contributed by atoms with van der Waals surface area (Å²) >= 11 is 6.19. The van der Waals surface area contributed by atoms with Crippen molar-refractivity contribution in [2.75, 3.05) is 4.90 Å². The van der Waals surface area contributed by atoms with Gasteiger partial charge in [-0.1, -0.05) is 48.2 Å². The van der Waals surface area contributed by atoms with E-state index < -0.39 is 16.8 Å². The van der Waals surface area contributed by atoms with Crippen molar-refractivity contribution in [3.63, 3.8) is 0 Å². The standard InChI is InChI=1S/C17H10N2O5S2/c20-15-14(9-10-5-1-3-7-12(10)19(23)24)26-17(25)18(15)13-8-4-2-6-11(13)16(21)22/h1-9H,(H,21,22)/b14-9-. The van der Waals surface area contributed by atoms with E-state index in [2.05, 4.69) is 0 Å². The first-order valence-electron chi connectivity index (χ1n) is 7.24. The predicted octanol–water partition coefficient (Wildman–Crippen LogP) is 3.70. The largest absolute Gasteiger partial charge is 0.478 e. The Balaban J connectivity index is 2.04.